The molecule has 5 heteroatoms. The number of carbonyl (C=O) groups excluding carboxylic acids is 1. The summed E-state index contributed by atoms with van der Waals surface area (Å²) in [4.78, 5) is 11.3. The second kappa shape index (κ2) is 5.41. The fourth-order valence-electron chi connectivity index (χ4n) is 2.49. The van der Waals surface area contributed by atoms with Crippen molar-refractivity contribution in [1.82, 2.24) is 0 Å². The third kappa shape index (κ3) is 3.12. The maximum atomic E-state index is 11.6. The number of hydrogen-bond acceptors (Lipinski definition) is 3. The maximum absolute atomic E-state index is 11.6. The van der Waals surface area contributed by atoms with Crippen molar-refractivity contribution < 1.29 is 13.2 Å². The largest absolute Gasteiger partial charge is 0.303 e. The number of rotatable bonds is 3. The van der Waals surface area contributed by atoms with Gasteiger partial charge >= 0.3 is 0 Å². The van der Waals surface area contributed by atoms with Crippen molar-refractivity contribution in [1.29, 1.82) is 0 Å². The number of hydrogen-bond donors (Lipinski definition) is 0. The van der Waals surface area contributed by atoms with E-state index in [0.29, 0.717) is 11.4 Å². The minimum Gasteiger partial charge on any atom is -0.303 e. The van der Waals surface area contributed by atoms with Crippen LogP contribution >= 0.6 is 11.6 Å². The van der Waals surface area contributed by atoms with Gasteiger partial charge in [-0.1, -0.05) is 23.7 Å². The van der Waals surface area contributed by atoms with Crippen LogP contribution in [0.25, 0.3) is 0 Å². The molecule has 3 nitrogen and oxygen atoms in total. The summed E-state index contributed by atoms with van der Waals surface area (Å²) in [6.07, 6.45) is 2.28. The zero-order valence-corrected chi connectivity index (χ0v) is 11.5. The molecule has 2 unspecified atom stereocenters. The average molecular weight is 287 g/mol. The lowest BCUT2D eigenvalue weighted by Crippen LogP contribution is -2.30. The zero-order chi connectivity index (χ0) is 13.2. The summed E-state index contributed by atoms with van der Waals surface area (Å²) in [5.74, 6) is -0.103. The topological polar surface area (TPSA) is 51.2 Å². The molecule has 1 aromatic rings. The van der Waals surface area contributed by atoms with Crippen LogP contribution in [0.3, 0.4) is 0 Å². The summed E-state index contributed by atoms with van der Waals surface area (Å²) in [5, 5.41) is 0.611. The molecule has 1 aromatic carbocycles. The van der Waals surface area contributed by atoms with E-state index < -0.39 is 9.84 Å². The number of carbonyl (C=O) groups is 1. The quantitative estimate of drug-likeness (QED) is 0.802. The van der Waals surface area contributed by atoms with E-state index >= 15 is 0 Å². The maximum Gasteiger partial charge on any atom is 0.150 e. The summed E-state index contributed by atoms with van der Waals surface area (Å²) < 4.78 is 23.3. The molecule has 18 heavy (non-hydrogen) atoms. The van der Waals surface area contributed by atoms with Crippen LogP contribution in [-0.2, 0) is 14.6 Å². The first-order valence-electron chi connectivity index (χ1n) is 5.93. The molecular weight excluding hydrogens is 272 g/mol. The fraction of sp³-hybridized carbons (Fsp3) is 0.462. The van der Waals surface area contributed by atoms with E-state index in [1.54, 1.807) is 24.3 Å². The lowest BCUT2D eigenvalue weighted by atomic mass is 9.85. The molecule has 2 rings (SSSR count). The Kier molecular flexibility index (Phi) is 4.07. The second-order valence-corrected chi connectivity index (χ2v) is 7.40. The van der Waals surface area contributed by atoms with Crippen molar-refractivity contribution in [3.8, 4) is 0 Å². The summed E-state index contributed by atoms with van der Waals surface area (Å²) in [7, 11) is -2.99. The third-order valence-electron chi connectivity index (χ3n) is 3.41. The highest BCUT2D eigenvalue weighted by Crippen LogP contribution is 2.31. The molecular formula is C13H15ClO3S. The van der Waals surface area contributed by atoms with Crippen LogP contribution in [0, 0.1) is 5.92 Å². The van der Waals surface area contributed by atoms with Crippen LogP contribution in [-0.4, -0.2) is 26.2 Å². The van der Waals surface area contributed by atoms with Crippen LogP contribution in [0.15, 0.2) is 24.3 Å². The molecule has 0 N–H and O–H groups in total. The van der Waals surface area contributed by atoms with Crippen molar-refractivity contribution >= 4 is 27.7 Å². The SMILES string of the molecule is O=CC(c1ccc(Cl)cc1)C1CCCS(=O)(=O)C1. The molecule has 2 atom stereocenters. The first-order valence-corrected chi connectivity index (χ1v) is 8.13. The normalized spacial score (nSPS) is 24.4. The average Bonchev–Trinajstić information content (AvgIpc) is 2.31. The molecule has 1 saturated heterocycles. The van der Waals surface area contributed by atoms with Gasteiger partial charge in [-0.25, -0.2) is 8.42 Å². The van der Waals surface area contributed by atoms with Crippen LogP contribution in [0.5, 0.6) is 0 Å². The smallest absolute Gasteiger partial charge is 0.150 e. The minimum atomic E-state index is -2.99. The van der Waals surface area contributed by atoms with Gasteiger partial charge in [0, 0.05) is 10.9 Å². The van der Waals surface area contributed by atoms with Crippen LogP contribution in [0.2, 0.25) is 5.02 Å². The van der Waals surface area contributed by atoms with Gasteiger partial charge in [-0.15, -0.1) is 0 Å². The number of halogens is 1. The van der Waals surface area contributed by atoms with E-state index in [1.807, 2.05) is 0 Å². The Hall–Kier alpha value is -0.870. The molecule has 0 saturated carbocycles. The van der Waals surface area contributed by atoms with E-state index in [4.69, 9.17) is 11.6 Å². The lowest BCUT2D eigenvalue weighted by Gasteiger charge is -2.26. The Morgan fingerprint density at radius 1 is 1.28 bits per heavy atom. The van der Waals surface area contributed by atoms with Crippen molar-refractivity contribution in [3.63, 3.8) is 0 Å². The Bertz CT molecular complexity index is 522. The van der Waals surface area contributed by atoms with Gasteiger partial charge in [0.1, 0.15) is 6.29 Å². The first kappa shape index (κ1) is 13.6. The predicted molar refractivity (Wildman–Crippen MR) is 71.6 cm³/mol. The number of aldehydes is 1. The number of benzene rings is 1. The molecule has 0 aliphatic carbocycles. The molecule has 0 spiro atoms. The molecule has 0 bridgehead atoms. The van der Waals surface area contributed by atoms with E-state index in [0.717, 1.165) is 18.3 Å². The lowest BCUT2D eigenvalue weighted by molar-refractivity contribution is -0.110. The molecule has 98 valence electrons. The zero-order valence-electron chi connectivity index (χ0n) is 9.88. The highest BCUT2D eigenvalue weighted by atomic mass is 35.5. The predicted octanol–water partition coefficient (Wildman–Crippen LogP) is 2.45. The van der Waals surface area contributed by atoms with E-state index in [9.17, 15) is 13.2 Å². The summed E-state index contributed by atoms with van der Waals surface area (Å²) in [5.41, 5.74) is 0.844. The Morgan fingerprint density at radius 3 is 2.50 bits per heavy atom. The molecule has 1 aliphatic heterocycles. The standard InChI is InChI=1S/C13H15ClO3S/c14-12-5-3-10(4-6-12)13(8-15)11-2-1-7-18(16,17)9-11/h3-6,8,11,13H,1-2,7,9H2. The van der Waals surface area contributed by atoms with Gasteiger partial charge in [0.15, 0.2) is 9.84 Å². The molecule has 1 fully saturated rings. The van der Waals surface area contributed by atoms with Gasteiger partial charge in [0.2, 0.25) is 0 Å². The molecule has 0 aromatic heterocycles. The van der Waals surface area contributed by atoms with Gasteiger partial charge < -0.3 is 4.79 Å². The monoisotopic (exact) mass is 286 g/mol. The van der Waals surface area contributed by atoms with Gasteiger partial charge in [-0.3, -0.25) is 0 Å². The van der Waals surface area contributed by atoms with Crippen molar-refractivity contribution in [2.45, 2.75) is 18.8 Å². The minimum absolute atomic E-state index is 0.109. The summed E-state index contributed by atoms with van der Waals surface area (Å²) in [6, 6.07) is 7.04. The summed E-state index contributed by atoms with van der Waals surface area (Å²) >= 11 is 5.81. The van der Waals surface area contributed by atoms with E-state index in [1.165, 1.54) is 0 Å². The second-order valence-electron chi connectivity index (χ2n) is 4.73. The van der Waals surface area contributed by atoms with Gasteiger partial charge in [0.25, 0.3) is 0 Å². The van der Waals surface area contributed by atoms with Crippen LogP contribution in [0.4, 0.5) is 0 Å². The van der Waals surface area contributed by atoms with E-state index in [-0.39, 0.29) is 23.3 Å². The third-order valence-corrected chi connectivity index (χ3v) is 5.51. The highest BCUT2D eigenvalue weighted by molar-refractivity contribution is 7.91. The van der Waals surface area contributed by atoms with Gasteiger partial charge in [-0.2, -0.15) is 0 Å². The molecule has 1 aliphatic rings. The van der Waals surface area contributed by atoms with Crippen molar-refractivity contribution in [2.75, 3.05) is 11.5 Å². The molecule has 1 heterocycles. The van der Waals surface area contributed by atoms with Crippen LogP contribution < -0.4 is 0 Å². The van der Waals surface area contributed by atoms with Gasteiger partial charge in [0.05, 0.1) is 11.5 Å². The van der Waals surface area contributed by atoms with Gasteiger partial charge in [-0.05, 0) is 36.5 Å². The van der Waals surface area contributed by atoms with Crippen LogP contribution in [0.1, 0.15) is 24.3 Å². The number of sulfone groups is 1. The van der Waals surface area contributed by atoms with E-state index in [2.05, 4.69) is 0 Å². The Balaban J connectivity index is 2.23. The summed E-state index contributed by atoms with van der Waals surface area (Å²) in [6.45, 7) is 0. The Labute approximate surface area is 112 Å². The van der Waals surface area contributed by atoms with Crippen molar-refractivity contribution in [2.24, 2.45) is 5.92 Å². The molecule has 0 radical (unpaired) electrons. The Morgan fingerprint density at radius 2 is 1.94 bits per heavy atom. The molecule has 0 amide bonds. The first-order chi connectivity index (χ1) is 8.52. The highest BCUT2D eigenvalue weighted by Gasteiger charge is 2.31. The fourth-order valence-corrected chi connectivity index (χ4v) is 4.41. The van der Waals surface area contributed by atoms with Crippen molar-refractivity contribution in [3.05, 3.63) is 34.9 Å².